The summed E-state index contributed by atoms with van der Waals surface area (Å²) >= 11 is 0. The molecule has 0 aliphatic carbocycles. The first-order valence-electron chi connectivity index (χ1n) is 11.3. The van der Waals surface area contributed by atoms with Crippen molar-refractivity contribution in [3.05, 3.63) is 83.2 Å². The van der Waals surface area contributed by atoms with Gasteiger partial charge in [0, 0.05) is 62.4 Å². The number of halogens is 1. The Morgan fingerprint density at radius 3 is 2.53 bits per heavy atom. The van der Waals surface area contributed by atoms with Crippen LogP contribution in [0.1, 0.15) is 40.3 Å². The van der Waals surface area contributed by atoms with Gasteiger partial charge in [0.15, 0.2) is 0 Å². The van der Waals surface area contributed by atoms with Gasteiger partial charge in [-0.1, -0.05) is 18.2 Å². The molecule has 4 rings (SSSR count). The number of rotatable bonds is 6. The van der Waals surface area contributed by atoms with Gasteiger partial charge >= 0.3 is 0 Å². The molecule has 5 nitrogen and oxygen atoms in total. The molecule has 1 saturated heterocycles. The van der Waals surface area contributed by atoms with Crippen molar-refractivity contribution in [1.82, 2.24) is 19.4 Å². The summed E-state index contributed by atoms with van der Waals surface area (Å²) in [7, 11) is 1.89. The molecule has 0 saturated carbocycles. The molecule has 1 aromatic carbocycles. The Labute approximate surface area is 189 Å². The van der Waals surface area contributed by atoms with E-state index in [0.29, 0.717) is 11.3 Å². The largest absolute Gasteiger partial charge is 0.339 e. The molecule has 1 fully saturated rings. The topological polar surface area (TPSA) is 41.4 Å². The number of amides is 1. The first-order valence-corrected chi connectivity index (χ1v) is 11.3. The molecule has 1 aliphatic heterocycles. The molecule has 3 heterocycles. The summed E-state index contributed by atoms with van der Waals surface area (Å²) in [6.45, 7) is 6.74. The zero-order valence-electron chi connectivity index (χ0n) is 19.1. The maximum Gasteiger partial charge on any atom is 0.255 e. The molecule has 0 spiro atoms. The standard InChI is InChI=1S/C26H31FN4O/c1-19-18-23(20(2)31(19)25-10-5-4-9-24(25)27)26(32)29(3)22-12-16-30(17-13-22)15-11-21-8-6-7-14-28-21/h4-10,14,18,22H,11-13,15-17H2,1-3H3. The summed E-state index contributed by atoms with van der Waals surface area (Å²) in [5.74, 6) is -0.285. The number of para-hydroxylation sites is 1. The van der Waals surface area contributed by atoms with Crippen LogP contribution >= 0.6 is 0 Å². The Bertz CT molecular complexity index is 1070. The van der Waals surface area contributed by atoms with Crippen LogP contribution < -0.4 is 0 Å². The quantitative estimate of drug-likeness (QED) is 0.577. The monoisotopic (exact) mass is 434 g/mol. The van der Waals surface area contributed by atoms with Crippen LogP contribution in [-0.4, -0.2) is 58.0 Å². The average molecular weight is 435 g/mol. The first kappa shape index (κ1) is 22.2. The van der Waals surface area contributed by atoms with Crippen molar-refractivity contribution < 1.29 is 9.18 Å². The summed E-state index contributed by atoms with van der Waals surface area (Å²) < 4.78 is 16.2. The highest BCUT2D eigenvalue weighted by molar-refractivity contribution is 5.96. The zero-order valence-corrected chi connectivity index (χ0v) is 19.1. The second-order valence-corrected chi connectivity index (χ2v) is 8.63. The van der Waals surface area contributed by atoms with E-state index in [4.69, 9.17) is 0 Å². The Hall–Kier alpha value is -2.99. The molecule has 32 heavy (non-hydrogen) atoms. The Morgan fingerprint density at radius 1 is 1.12 bits per heavy atom. The van der Waals surface area contributed by atoms with E-state index in [2.05, 4.69) is 16.0 Å². The average Bonchev–Trinajstić information content (AvgIpc) is 3.12. The lowest BCUT2D eigenvalue weighted by Gasteiger charge is -2.36. The molecule has 3 aromatic rings. The number of nitrogens with zero attached hydrogens (tertiary/aromatic N) is 4. The van der Waals surface area contributed by atoms with Crippen LogP contribution in [0.25, 0.3) is 5.69 Å². The fraction of sp³-hybridized carbons (Fsp3) is 0.385. The predicted molar refractivity (Wildman–Crippen MR) is 125 cm³/mol. The number of piperidine rings is 1. The zero-order chi connectivity index (χ0) is 22.7. The van der Waals surface area contributed by atoms with E-state index in [-0.39, 0.29) is 17.8 Å². The third-order valence-corrected chi connectivity index (χ3v) is 6.59. The van der Waals surface area contributed by atoms with Gasteiger partial charge in [-0.05, 0) is 57.0 Å². The van der Waals surface area contributed by atoms with Crippen molar-refractivity contribution in [3.63, 3.8) is 0 Å². The van der Waals surface area contributed by atoms with Crippen molar-refractivity contribution in [2.45, 2.75) is 39.2 Å². The lowest BCUT2D eigenvalue weighted by atomic mass is 10.0. The minimum absolute atomic E-state index is 0.00706. The van der Waals surface area contributed by atoms with E-state index in [1.54, 1.807) is 12.1 Å². The number of aromatic nitrogens is 2. The second kappa shape index (κ2) is 9.65. The van der Waals surface area contributed by atoms with Crippen molar-refractivity contribution in [1.29, 1.82) is 0 Å². The highest BCUT2D eigenvalue weighted by Crippen LogP contribution is 2.25. The van der Waals surface area contributed by atoms with Gasteiger partial charge in [0.25, 0.3) is 5.91 Å². The van der Waals surface area contributed by atoms with Crippen molar-refractivity contribution in [2.24, 2.45) is 0 Å². The molecule has 1 amide bonds. The van der Waals surface area contributed by atoms with Crippen LogP contribution in [0.15, 0.2) is 54.7 Å². The van der Waals surface area contributed by atoms with Crippen LogP contribution in [0, 0.1) is 19.7 Å². The molecule has 0 radical (unpaired) electrons. The number of hydrogen-bond donors (Lipinski definition) is 0. The van der Waals surface area contributed by atoms with Gasteiger partial charge in [0.1, 0.15) is 5.82 Å². The third kappa shape index (κ3) is 4.60. The summed E-state index contributed by atoms with van der Waals surface area (Å²) in [6, 6.07) is 14.8. The van der Waals surface area contributed by atoms with Crippen molar-refractivity contribution >= 4 is 5.91 Å². The highest BCUT2D eigenvalue weighted by atomic mass is 19.1. The van der Waals surface area contributed by atoms with E-state index >= 15 is 0 Å². The van der Waals surface area contributed by atoms with Gasteiger partial charge < -0.3 is 14.4 Å². The number of benzene rings is 1. The fourth-order valence-electron chi connectivity index (χ4n) is 4.69. The summed E-state index contributed by atoms with van der Waals surface area (Å²) in [4.78, 5) is 22.1. The van der Waals surface area contributed by atoms with Crippen molar-refractivity contribution in [2.75, 3.05) is 26.7 Å². The molecule has 0 atom stereocenters. The van der Waals surface area contributed by atoms with Gasteiger partial charge in [0.05, 0.1) is 11.3 Å². The van der Waals surface area contributed by atoms with Gasteiger partial charge in [-0.15, -0.1) is 0 Å². The molecule has 0 unspecified atom stereocenters. The minimum Gasteiger partial charge on any atom is -0.339 e. The molecule has 6 heteroatoms. The number of carbonyl (C=O) groups is 1. The van der Waals surface area contributed by atoms with Crippen molar-refractivity contribution in [3.8, 4) is 5.69 Å². The van der Waals surface area contributed by atoms with Crippen LogP contribution in [0.3, 0.4) is 0 Å². The predicted octanol–water partition coefficient (Wildman–Crippen LogP) is 4.41. The van der Waals surface area contributed by atoms with Gasteiger partial charge in [-0.2, -0.15) is 0 Å². The third-order valence-electron chi connectivity index (χ3n) is 6.59. The van der Waals surface area contributed by atoms with Gasteiger partial charge in [-0.25, -0.2) is 4.39 Å². The smallest absolute Gasteiger partial charge is 0.255 e. The van der Waals surface area contributed by atoms with E-state index in [1.165, 1.54) is 6.07 Å². The maximum absolute atomic E-state index is 14.4. The molecule has 2 aromatic heterocycles. The molecular formula is C26H31FN4O. The normalized spacial score (nSPS) is 15.1. The highest BCUT2D eigenvalue weighted by Gasteiger charge is 2.28. The lowest BCUT2D eigenvalue weighted by molar-refractivity contribution is 0.0642. The van der Waals surface area contributed by atoms with Crippen LogP contribution in [-0.2, 0) is 6.42 Å². The molecule has 0 bridgehead atoms. The molecule has 0 N–H and O–H groups in total. The van der Waals surface area contributed by atoms with E-state index in [9.17, 15) is 9.18 Å². The van der Waals surface area contributed by atoms with E-state index in [1.807, 2.05) is 60.8 Å². The summed E-state index contributed by atoms with van der Waals surface area (Å²) in [5.41, 5.74) is 3.87. The molecular weight excluding hydrogens is 403 g/mol. The first-order chi connectivity index (χ1) is 15.5. The number of hydrogen-bond acceptors (Lipinski definition) is 3. The van der Waals surface area contributed by atoms with Gasteiger partial charge in [-0.3, -0.25) is 9.78 Å². The van der Waals surface area contributed by atoms with Crippen LogP contribution in [0.4, 0.5) is 4.39 Å². The van der Waals surface area contributed by atoms with Gasteiger partial charge in [0.2, 0.25) is 0 Å². The van der Waals surface area contributed by atoms with Crippen LogP contribution in [0.5, 0.6) is 0 Å². The number of carbonyl (C=O) groups excluding carboxylic acids is 1. The maximum atomic E-state index is 14.4. The Kier molecular flexibility index (Phi) is 6.70. The molecule has 168 valence electrons. The van der Waals surface area contributed by atoms with Crippen LogP contribution in [0.2, 0.25) is 0 Å². The molecule has 1 aliphatic rings. The Morgan fingerprint density at radius 2 is 1.84 bits per heavy atom. The summed E-state index contributed by atoms with van der Waals surface area (Å²) in [6.07, 6.45) is 4.70. The van der Waals surface area contributed by atoms with E-state index < -0.39 is 0 Å². The lowest BCUT2D eigenvalue weighted by Crippen LogP contribution is -2.46. The number of pyridine rings is 1. The summed E-state index contributed by atoms with van der Waals surface area (Å²) in [5, 5.41) is 0. The SMILES string of the molecule is Cc1cc(C(=O)N(C)C2CCN(CCc3ccccn3)CC2)c(C)n1-c1ccccc1F. The minimum atomic E-state index is -0.292. The fourth-order valence-corrected chi connectivity index (χ4v) is 4.69. The number of aryl methyl sites for hydroxylation is 1. The number of likely N-dealkylation sites (tertiary alicyclic amines) is 1. The van der Waals surface area contributed by atoms with E-state index in [0.717, 1.165) is 56.0 Å². The second-order valence-electron chi connectivity index (χ2n) is 8.63. The Balaban J connectivity index is 1.39.